The van der Waals surface area contributed by atoms with E-state index in [9.17, 15) is 14.4 Å². The first-order valence-corrected chi connectivity index (χ1v) is 12.9. The van der Waals surface area contributed by atoms with Gasteiger partial charge in [-0.1, -0.05) is 18.2 Å². The number of rotatable bonds is 8. The lowest BCUT2D eigenvalue weighted by atomic mass is 10.2. The van der Waals surface area contributed by atoms with Crippen molar-refractivity contribution in [1.29, 1.82) is 0 Å². The molecule has 0 fully saturated rings. The van der Waals surface area contributed by atoms with E-state index in [1.54, 1.807) is 66.5 Å². The molecule has 39 heavy (non-hydrogen) atoms. The van der Waals surface area contributed by atoms with E-state index in [4.69, 9.17) is 11.5 Å². The van der Waals surface area contributed by atoms with Gasteiger partial charge in [0.2, 0.25) is 11.9 Å². The van der Waals surface area contributed by atoms with Gasteiger partial charge >= 0.3 is 0 Å². The standard InChI is InChI=1S/C28H25N7O3S/c1-34(27(38)17-5-3-2-4-6-17)20-7-8-22-21(14-20)32-28(35(22)12-11-25(30)36)33-26(37)24-10-9-23(39-24)18-13-19(29)16-31-15-18/h2-10,13-16H,11-12,29H2,1H3,(H2,30,36)(H,32,33,37). The van der Waals surface area contributed by atoms with Crippen LogP contribution in [0.4, 0.5) is 17.3 Å². The minimum absolute atomic E-state index is 0.0635. The van der Waals surface area contributed by atoms with Gasteiger partial charge in [0.15, 0.2) is 0 Å². The number of anilines is 3. The Morgan fingerprint density at radius 2 is 1.82 bits per heavy atom. The van der Waals surface area contributed by atoms with Crippen LogP contribution < -0.4 is 21.7 Å². The zero-order valence-corrected chi connectivity index (χ0v) is 21.8. The molecule has 0 spiro atoms. The number of nitrogens with two attached hydrogens (primary N) is 2. The molecule has 11 heteroatoms. The first-order valence-electron chi connectivity index (χ1n) is 12.0. The van der Waals surface area contributed by atoms with Gasteiger partial charge in [-0.25, -0.2) is 4.98 Å². The summed E-state index contributed by atoms with van der Waals surface area (Å²) in [7, 11) is 1.69. The number of imidazole rings is 1. The van der Waals surface area contributed by atoms with E-state index in [1.165, 1.54) is 16.2 Å². The second-order valence-corrected chi connectivity index (χ2v) is 9.92. The minimum Gasteiger partial charge on any atom is -0.397 e. The quantitative estimate of drug-likeness (QED) is 0.270. The molecule has 0 aliphatic heterocycles. The highest BCUT2D eigenvalue weighted by Gasteiger charge is 2.19. The molecule has 0 bridgehead atoms. The van der Waals surface area contributed by atoms with Crippen LogP contribution in [0.5, 0.6) is 0 Å². The molecule has 3 heterocycles. The van der Waals surface area contributed by atoms with Gasteiger partial charge in [0.25, 0.3) is 11.8 Å². The monoisotopic (exact) mass is 539 g/mol. The van der Waals surface area contributed by atoms with Crippen molar-refractivity contribution in [2.24, 2.45) is 5.73 Å². The third-order valence-electron chi connectivity index (χ3n) is 6.13. The maximum absolute atomic E-state index is 13.2. The number of nitrogens with zero attached hydrogens (tertiary/aromatic N) is 4. The summed E-state index contributed by atoms with van der Waals surface area (Å²) in [5, 5.41) is 2.86. The number of carbonyl (C=O) groups is 3. The number of hydrogen-bond acceptors (Lipinski definition) is 7. The topological polar surface area (TPSA) is 149 Å². The molecule has 0 unspecified atom stereocenters. The second-order valence-electron chi connectivity index (χ2n) is 8.83. The summed E-state index contributed by atoms with van der Waals surface area (Å²) < 4.78 is 1.73. The Labute approximate surface area is 227 Å². The summed E-state index contributed by atoms with van der Waals surface area (Å²) in [6.45, 7) is 0.226. The molecule has 0 radical (unpaired) electrons. The Morgan fingerprint density at radius 1 is 1.03 bits per heavy atom. The fraction of sp³-hybridized carbons (Fsp3) is 0.107. The van der Waals surface area contributed by atoms with E-state index in [2.05, 4.69) is 15.3 Å². The molecule has 0 saturated heterocycles. The van der Waals surface area contributed by atoms with Gasteiger partial charge in [-0.2, -0.15) is 0 Å². The van der Waals surface area contributed by atoms with Gasteiger partial charge in [-0.05, 0) is 48.5 Å². The predicted molar refractivity (Wildman–Crippen MR) is 153 cm³/mol. The van der Waals surface area contributed by atoms with Gasteiger partial charge in [-0.15, -0.1) is 11.3 Å². The van der Waals surface area contributed by atoms with Crippen molar-refractivity contribution in [3.63, 3.8) is 0 Å². The van der Waals surface area contributed by atoms with E-state index in [0.717, 1.165) is 10.4 Å². The molecule has 0 atom stereocenters. The summed E-state index contributed by atoms with van der Waals surface area (Å²) in [4.78, 5) is 49.2. The molecule has 10 nitrogen and oxygen atoms in total. The molecule has 0 aliphatic rings. The van der Waals surface area contributed by atoms with E-state index in [-0.39, 0.29) is 30.7 Å². The normalized spacial score (nSPS) is 10.9. The van der Waals surface area contributed by atoms with Crippen molar-refractivity contribution in [3.05, 3.63) is 89.6 Å². The lowest BCUT2D eigenvalue weighted by molar-refractivity contribution is -0.118. The molecule has 5 N–H and O–H groups in total. The zero-order chi connectivity index (χ0) is 27.5. The molecule has 3 amide bonds. The lowest BCUT2D eigenvalue weighted by Gasteiger charge is -2.17. The Morgan fingerprint density at radius 3 is 2.56 bits per heavy atom. The Balaban J connectivity index is 1.44. The molecule has 0 saturated carbocycles. The largest absolute Gasteiger partial charge is 0.397 e. The third-order valence-corrected chi connectivity index (χ3v) is 7.26. The fourth-order valence-electron chi connectivity index (χ4n) is 4.13. The number of benzene rings is 2. The summed E-state index contributed by atoms with van der Waals surface area (Å²) in [6, 6.07) is 19.7. The van der Waals surface area contributed by atoms with Crippen molar-refractivity contribution in [3.8, 4) is 10.4 Å². The van der Waals surface area contributed by atoms with Crippen molar-refractivity contribution in [1.82, 2.24) is 14.5 Å². The lowest BCUT2D eigenvalue weighted by Crippen LogP contribution is -2.26. The highest BCUT2D eigenvalue weighted by atomic mass is 32.1. The summed E-state index contributed by atoms with van der Waals surface area (Å²) in [6.07, 6.45) is 3.31. The number of fused-ring (bicyclic) bond motifs is 1. The molecule has 196 valence electrons. The average Bonchev–Trinajstić information content (AvgIpc) is 3.56. The van der Waals surface area contributed by atoms with Crippen LogP contribution in [-0.4, -0.2) is 39.3 Å². The van der Waals surface area contributed by atoms with Gasteiger partial charge in [0.05, 0.1) is 21.6 Å². The molecule has 3 aromatic heterocycles. The van der Waals surface area contributed by atoms with Crippen molar-refractivity contribution in [2.75, 3.05) is 23.0 Å². The number of thiophene rings is 1. The number of amides is 3. The minimum atomic E-state index is -0.474. The van der Waals surface area contributed by atoms with Crippen LogP contribution in [0.1, 0.15) is 26.5 Å². The SMILES string of the molecule is CN(C(=O)c1ccccc1)c1ccc2c(c1)nc(NC(=O)c1ccc(-c3cncc(N)c3)s1)n2CCC(N)=O. The molecular formula is C28H25N7O3S. The smallest absolute Gasteiger partial charge is 0.268 e. The number of aryl methyl sites for hydroxylation is 1. The van der Waals surface area contributed by atoms with Gasteiger partial charge < -0.3 is 20.9 Å². The van der Waals surface area contributed by atoms with Gasteiger partial charge in [0.1, 0.15) is 0 Å². The molecule has 0 aliphatic carbocycles. The molecule has 5 aromatic rings. The average molecular weight is 540 g/mol. The number of primary amides is 1. The van der Waals surface area contributed by atoms with Crippen LogP contribution >= 0.6 is 11.3 Å². The first-order chi connectivity index (χ1) is 18.8. The van der Waals surface area contributed by atoms with Crippen molar-refractivity contribution < 1.29 is 14.4 Å². The van der Waals surface area contributed by atoms with Crippen LogP contribution in [-0.2, 0) is 11.3 Å². The van der Waals surface area contributed by atoms with Gasteiger partial charge in [0, 0.05) is 54.1 Å². The number of aromatic nitrogens is 3. The summed E-state index contributed by atoms with van der Waals surface area (Å²) in [5.74, 6) is -0.723. The zero-order valence-electron chi connectivity index (χ0n) is 21.0. The Kier molecular flexibility index (Phi) is 7.06. The number of carbonyl (C=O) groups excluding carboxylic acids is 3. The van der Waals surface area contributed by atoms with E-state index in [0.29, 0.717) is 32.8 Å². The number of pyridine rings is 1. The van der Waals surface area contributed by atoms with Crippen LogP contribution in [0.3, 0.4) is 0 Å². The molecular weight excluding hydrogens is 514 g/mol. The van der Waals surface area contributed by atoms with E-state index in [1.807, 2.05) is 24.3 Å². The summed E-state index contributed by atoms with van der Waals surface area (Å²) >= 11 is 1.30. The van der Waals surface area contributed by atoms with Crippen molar-refractivity contribution in [2.45, 2.75) is 13.0 Å². The van der Waals surface area contributed by atoms with Gasteiger partial charge in [-0.3, -0.25) is 24.7 Å². The second kappa shape index (κ2) is 10.8. The van der Waals surface area contributed by atoms with Crippen LogP contribution in [0, 0.1) is 0 Å². The van der Waals surface area contributed by atoms with Crippen LogP contribution in [0.15, 0.2) is 79.1 Å². The van der Waals surface area contributed by atoms with Crippen molar-refractivity contribution >= 4 is 57.4 Å². The third kappa shape index (κ3) is 5.48. The van der Waals surface area contributed by atoms with E-state index < -0.39 is 5.91 Å². The number of nitrogens with one attached hydrogen (secondary N) is 1. The first kappa shape index (κ1) is 25.6. The highest BCUT2D eigenvalue weighted by Crippen LogP contribution is 2.30. The number of nitrogen functional groups attached to an aromatic ring is 1. The van der Waals surface area contributed by atoms with Crippen LogP contribution in [0.25, 0.3) is 21.5 Å². The maximum atomic E-state index is 13.2. The summed E-state index contributed by atoms with van der Waals surface area (Å²) in [5.41, 5.74) is 15.0. The Hall–Kier alpha value is -5.03. The molecule has 5 rings (SSSR count). The van der Waals surface area contributed by atoms with Crippen LogP contribution in [0.2, 0.25) is 0 Å². The van der Waals surface area contributed by atoms with E-state index >= 15 is 0 Å². The molecule has 2 aromatic carbocycles. The number of hydrogen-bond donors (Lipinski definition) is 3. The maximum Gasteiger partial charge on any atom is 0.268 e. The highest BCUT2D eigenvalue weighted by molar-refractivity contribution is 7.17. The Bertz CT molecular complexity index is 1690. The fourth-order valence-corrected chi connectivity index (χ4v) is 5.02. The predicted octanol–water partition coefficient (Wildman–Crippen LogP) is 4.15.